The smallest absolute Gasteiger partial charge is 0.178 e. The Kier molecular flexibility index (Phi) is 9.43. The number of aliphatic imine (C=N–C) groups is 2. The lowest BCUT2D eigenvalue weighted by Gasteiger charge is -2.32. The highest BCUT2D eigenvalue weighted by Crippen LogP contribution is 2.66. The second-order valence-corrected chi connectivity index (χ2v) is 20.4. The maximum absolute atomic E-state index is 6.86. The van der Waals surface area contributed by atoms with Gasteiger partial charge in [-0.3, -0.25) is 0 Å². The van der Waals surface area contributed by atoms with Crippen LogP contribution < -0.4 is 9.47 Å². The number of hydrogen-bond acceptors (Lipinski definition) is 5. The molecule has 0 bridgehead atoms. The van der Waals surface area contributed by atoms with Gasteiger partial charge in [-0.25, -0.2) is 9.98 Å². The van der Waals surface area contributed by atoms with E-state index < -0.39 is 5.41 Å². The average molecular weight is 987 g/mol. The van der Waals surface area contributed by atoms with Crippen LogP contribution in [0, 0.1) is 0 Å². The van der Waals surface area contributed by atoms with Crippen molar-refractivity contribution in [2.24, 2.45) is 9.98 Å². The van der Waals surface area contributed by atoms with Crippen molar-refractivity contribution < 1.29 is 9.47 Å². The van der Waals surface area contributed by atoms with Crippen LogP contribution in [0.15, 0.2) is 265 Å². The average Bonchev–Trinajstić information content (AvgIpc) is 4.21. The van der Waals surface area contributed by atoms with Gasteiger partial charge in [0.15, 0.2) is 28.8 Å². The van der Waals surface area contributed by atoms with Crippen LogP contribution in [0.1, 0.15) is 45.1 Å². The zero-order chi connectivity index (χ0) is 50.8. The predicted octanol–water partition coefficient (Wildman–Crippen LogP) is 17.2. The third-order valence-corrected chi connectivity index (χ3v) is 16.3. The Labute approximate surface area is 445 Å². The van der Waals surface area contributed by atoms with E-state index in [-0.39, 0.29) is 6.17 Å². The second kappa shape index (κ2) is 16.7. The molecule has 1 unspecified atom stereocenters. The van der Waals surface area contributed by atoms with Crippen molar-refractivity contribution in [3.8, 4) is 73.2 Å². The van der Waals surface area contributed by atoms with Gasteiger partial charge in [-0.05, 0) is 127 Å². The molecule has 0 amide bonds. The maximum atomic E-state index is 6.86. The van der Waals surface area contributed by atoms with Gasteiger partial charge in [0.2, 0.25) is 0 Å². The molecule has 0 N–H and O–H groups in total. The number of benzene rings is 11. The monoisotopic (exact) mass is 986 g/mol. The zero-order valence-electron chi connectivity index (χ0n) is 41.9. The number of aromatic nitrogens is 1. The Morgan fingerprint density at radius 3 is 1.82 bits per heavy atom. The van der Waals surface area contributed by atoms with E-state index in [1.54, 1.807) is 0 Å². The Balaban J connectivity index is 0.811. The normalized spacial score (nSPS) is 15.1. The number of hydrogen-bond donors (Lipinski definition) is 0. The summed E-state index contributed by atoms with van der Waals surface area (Å²) < 4.78 is 15.8. The fraction of sp³-hybridized carbons (Fsp3) is 0.0423. The predicted molar refractivity (Wildman–Crippen MR) is 311 cm³/mol. The topological polar surface area (TPSA) is 51.4 Å². The number of ether oxygens (including phenoxy) is 2. The van der Waals surface area contributed by atoms with Crippen LogP contribution in [0.4, 0.5) is 0 Å². The molecule has 16 rings (SSSR count). The number of fused-ring (bicyclic) bond motifs is 16. The fourth-order valence-electron chi connectivity index (χ4n) is 12.9. The molecule has 0 saturated heterocycles. The zero-order valence-corrected chi connectivity index (χ0v) is 41.9. The summed E-state index contributed by atoms with van der Waals surface area (Å²) in [7, 11) is 2.08. The third kappa shape index (κ3) is 6.42. The number of rotatable bonds is 6. The highest BCUT2D eigenvalue weighted by atomic mass is 16.6. The molecule has 1 aromatic heterocycles. The molecule has 1 spiro atoms. The summed E-state index contributed by atoms with van der Waals surface area (Å²) in [4.78, 5) is 12.7. The molecule has 0 saturated carbocycles. The Morgan fingerprint density at radius 1 is 0.403 bits per heavy atom. The summed E-state index contributed by atoms with van der Waals surface area (Å²) >= 11 is 0. The van der Waals surface area contributed by atoms with Gasteiger partial charge in [-0.2, -0.15) is 0 Å². The van der Waals surface area contributed by atoms with Gasteiger partial charge in [0.1, 0.15) is 12.0 Å². The van der Waals surface area contributed by atoms with E-state index in [0.717, 1.165) is 95.6 Å². The van der Waals surface area contributed by atoms with Crippen LogP contribution in [0.25, 0.3) is 72.0 Å². The SMILES string of the molecule is CN1C(c2ccccc2)=NC(c2cccc(-c3cccc(-n4c5ccccc5c5cc(-c6ccc7c(c6)C6(c8ccccc8-c8ccccc86)c6ccc8c(c6-7)Oc6ccccc6O8)ccc54)c3)c2)=NC1c1ccccc1. The Hall–Kier alpha value is -10.0. The Morgan fingerprint density at radius 2 is 1.01 bits per heavy atom. The van der Waals surface area contributed by atoms with Gasteiger partial charge in [-0.1, -0.05) is 194 Å². The van der Waals surface area contributed by atoms with Gasteiger partial charge < -0.3 is 18.9 Å². The summed E-state index contributed by atoms with van der Waals surface area (Å²) in [6.07, 6.45) is -0.226. The molecule has 0 radical (unpaired) electrons. The molecule has 11 aromatic carbocycles. The van der Waals surface area contributed by atoms with Crippen molar-refractivity contribution in [1.29, 1.82) is 0 Å². The lowest BCUT2D eigenvalue weighted by molar-refractivity contribution is 0.360. The van der Waals surface area contributed by atoms with E-state index in [1.807, 2.05) is 36.4 Å². The summed E-state index contributed by atoms with van der Waals surface area (Å²) in [5, 5.41) is 2.39. The Bertz CT molecular complexity index is 4450. The molecule has 2 aliphatic carbocycles. The van der Waals surface area contributed by atoms with Crippen molar-refractivity contribution in [2.75, 3.05) is 7.05 Å². The van der Waals surface area contributed by atoms with Crippen molar-refractivity contribution in [2.45, 2.75) is 11.6 Å². The molecular formula is C71H46N4O2. The molecule has 1 atom stereocenters. The molecule has 6 nitrogen and oxygen atoms in total. The van der Waals surface area contributed by atoms with E-state index in [0.29, 0.717) is 5.84 Å². The fourth-order valence-corrected chi connectivity index (χ4v) is 12.9. The summed E-state index contributed by atoms with van der Waals surface area (Å²) in [5.74, 6) is 4.52. The molecule has 3 heterocycles. The quantitative estimate of drug-likeness (QED) is 0.167. The highest BCUT2D eigenvalue weighted by Gasteiger charge is 2.53. The highest BCUT2D eigenvalue weighted by molar-refractivity contribution is 6.14. The lowest BCUT2D eigenvalue weighted by atomic mass is 9.70. The molecule has 12 aromatic rings. The van der Waals surface area contributed by atoms with Gasteiger partial charge in [0, 0.05) is 40.2 Å². The van der Waals surface area contributed by atoms with E-state index >= 15 is 0 Å². The van der Waals surface area contributed by atoms with E-state index in [2.05, 4.69) is 235 Å². The summed E-state index contributed by atoms with van der Waals surface area (Å²) in [5.41, 5.74) is 20.2. The van der Waals surface area contributed by atoms with Gasteiger partial charge in [0.25, 0.3) is 0 Å². The standard InChI is InChI=1S/C71H46N4O2/c1-74-69(44-18-4-2-5-19-44)72-68(73-70(74)45-20-6-3-7-21-45)50-24-16-22-46(40-50)47-23-17-25-51(41-47)75-61-31-13-10-28-54(61)56-42-48(35-38-62(56)75)49-34-36-55-60(43-49)71(57-29-11-8-26-52(57)53-27-9-12-30-58(53)71)59-37-39-65-67(66(55)59)77-64-33-15-14-32-63(64)76-65/h2-43,69H,1H3. The lowest BCUT2D eigenvalue weighted by Crippen LogP contribution is -2.35. The molecule has 77 heavy (non-hydrogen) atoms. The van der Waals surface area contributed by atoms with Crippen LogP contribution in [0.5, 0.6) is 23.0 Å². The molecule has 4 aliphatic rings. The minimum Gasteiger partial charge on any atom is -0.449 e. The molecule has 0 fully saturated rings. The molecule has 2 aliphatic heterocycles. The van der Waals surface area contributed by atoms with Crippen LogP contribution in [-0.4, -0.2) is 28.2 Å². The van der Waals surface area contributed by atoms with Crippen LogP contribution >= 0.6 is 0 Å². The van der Waals surface area contributed by atoms with Crippen LogP contribution in [0.2, 0.25) is 0 Å². The molecule has 362 valence electrons. The minimum absolute atomic E-state index is 0.226. The van der Waals surface area contributed by atoms with Crippen molar-refractivity contribution in [3.05, 3.63) is 294 Å². The minimum atomic E-state index is -0.572. The first kappa shape index (κ1) is 43.4. The van der Waals surface area contributed by atoms with Gasteiger partial charge >= 0.3 is 0 Å². The van der Waals surface area contributed by atoms with Crippen molar-refractivity contribution in [3.63, 3.8) is 0 Å². The third-order valence-electron chi connectivity index (χ3n) is 16.3. The molecular weight excluding hydrogens is 941 g/mol. The number of nitrogens with zero attached hydrogens (tertiary/aromatic N) is 4. The second-order valence-electron chi connectivity index (χ2n) is 20.4. The largest absolute Gasteiger partial charge is 0.449 e. The van der Waals surface area contributed by atoms with Gasteiger partial charge in [-0.15, -0.1) is 0 Å². The van der Waals surface area contributed by atoms with Crippen LogP contribution in [0.3, 0.4) is 0 Å². The summed E-state index contributed by atoms with van der Waals surface area (Å²) in [6.45, 7) is 0. The first-order chi connectivity index (χ1) is 38.1. The molecule has 6 heteroatoms. The van der Waals surface area contributed by atoms with E-state index in [1.165, 1.54) is 44.2 Å². The van der Waals surface area contributed by atoms with E-state index in [9.17, 15) is 0 Å². The first-order valence-corrected chi connectivity index (χ1v) is 26.3. The van der Waals surface area contributed by atoms with E-state index in [4.69, 9.17) is 19.5 Å². The van der Waals surface area contributed by atoms with Crippen LogP contribution in [-0.2, 0) is 5.41 Å². The first-order valence-electron chi connectivity index (χ1n) is 26.3. The van der Waals surface area contributed by atoms with Gasteiger partial charge in [0.05, 0.1) is 16.4 Å². The maximum Gasteiger partial charge on any atom is 0.178 e. The number of amidine groups is 2. The van der Waals surface area contributed by atoms with Crippen molar-refractivity contribution >= 4 is 33.5 Å². The number of para-hydroxylation sites is 3. The summed E-state index contributed by atoms with van der Waals surface area (Å²) in [6, 6.07) is 91.4. The van der Waals surface area contributed by atoms with Crippen molar-refractivity contribution in [1.82, 2.24) is 9.47 Å².